The lowest BCUT2D eigenvalue weighted by Crippen LogP contribution is -2.53. The highest BCUT2D eigenvalue weighted by Gasteiger charge is 2.43. The van der Waals surface area contributed by atoms with Crippen LogP contribution >= 0.6 is 0 Å². The third-order valence-corrected chi connectivity index (χ3v) is 22.8. The van der Waals surface area contributed by atoms with Gasteiger partial charge in [0, 0.05) is 116 Å². The van der Waals surface area contributed by atoms with Crippen molar-refractivity contribution in [3.63, 3.8) is 0 Å². The van der Waals surface area contributed by atoms with Gasteiger partial charge in [0.05, 0.1) is 53.9 Å². The minimum Gasteiger partial charge on any atom is -0.346 e. The average Bonchev–Trinajstić information content (AvgIpc) is 1.64. The second kappa shape index (κ2) is 66.6. The first-order valence-electron chi connectivity index (χ1n) is 47.8. The molecule has 0 saturated heterocycles. The van der Waals surface area contributed by atoms with E-state index in [4.69, 9.17) is 0 Å². The lowest BCUT2D eigenvalue weighted by molar-refractivity contribution is -0.133. The monoisotopic (exact) mass is 1830 g/mol. The first-order chi connectivity index (χ1) is 58.5. The summed E-state index contributed by atoms with van der Waals surface area (Å²) in [5.74, 6) is 1.52. The van der Waals surface area contributed by atoms with Gasteiger partial charge in [-0.2, -0.15) is 0 Å². The molecule has 4 aliphatic rings. The Labute approximate surface area is 781 Å². The van der Waals surface area contributed by atoms with Crippen molar-refractivity contribution in [2.75, 3.05) is 0 Å². The van der Waals surface area contributed by atoms with Gasteiger partial charge in [0.1, 0.15) is 0 Å². The van der Waals surface area contributed by atoms with Crippen LogP contribution in [0.2, 0.25) is 0 Å². The van der Waals surface area contributed by atoms with Gasteiger partial charge in [-0.3, -0.25) is 86.3 Å². The summed E-state index contributed by atoms with van der Waals surface area (Å²) in [6, 6.07) is -2.51. The molecule has 129 heavy (non-hydrogen) atoms. The fourth-order valence-corrected chi connectivity index (χ4v) is 15.4. The van der Waals surface area contributed by atoms with Crippen LogP contribution in [0.3, 0.4) is 0 Å². The normalized spacial score (nSPS) is 16.3. The van der Waals surface area contributed by atoms with Crippen molar-refractivity contribution < 1.29 is 86.3 Å². The molecule has 4 rings (SSSR count). The van der Waals surface area contributed by atoms with E-state index in [0.717, 1.165) is 70.6 Å². The molecule has 4 fully saturated rings. The summed E-state index contributed by atoms with van der Waals surface area (Å²) < 4.78 is 0. The second-order valence-electron chi connectivity index (χ2n) is 41.4. The molecule has 4 aliphatic carbocycles. The molecular formula is C102H189N9O18. The first-order valence-corrected chi connectivity index (χ1v) is 47.8. The maximum absolute atomic E-state index is 12.1. The molecule has 27 heteroatoms. The minimum absolute atomic E-state index is 0. The van der Waals surface area contributed by atoms with Crippen molar-refractivity contribution in [2.24, 2.45) is 99.6 Å². The van der Waals surface area contributed by atoms with Gasteiger partial charge < -0.3 is 47.9 Å². The number of ketones is 9. The first kappa shape index (κ1) is 132. The summed E-state index contributed by atoms with van der Waals surface area (Å²) in [4.78, 5) is 205. The van der Waals surface area contributed by atoms with E-state index in [-0.39, 0.29) is 243 Å². The third kappa shape index (κ3) is 56.7. The van der Waals surface area contributed by atoms with Gasteiger partial charge in [0.2, 0.25) is 53.2 Å². The molecule has 0 aromatic rings. The van der Waals surface area contributed by atoms with Crippen LogP contribution in [0.5, 0.6) is 0 Å². The highest BCUT2D eigenvalue weighted by molar-refractivity contribution is 5.96. The molecule has 9 atom stereocenters. The quantitative estimate of drug-likeness (QED) is 0.0289. The molecule has 0 aliphatic heterocycles. The summed E-state index contributed by atoms with van der Waals surface area (Å²) in [6.07, 6.45) is 19.4. The maximum Gasteiger partial charge on any atom is 0.217 e. The Balaban J connectivity index is -0.000000330. The van der Waals surface area contributed by atoms with Gasteiger partial charge in [-0.05, 0) is 97.7 Å². The summed E-state index contributed by atoms with van der Waals surface area (Å²) in [6.45, 7) is 70.2. The summed E-state index contributed by atoms with van der Waals surface area (Å²) >= 11 is 0. The highest BCUT2D eigenvalue weighted by atomic mass is 16.2. The summed E-state index contributed by atoms with van der Waals surface area (Å²) in [7, 11) is 0. The van der Waals surface area contributed by atoms with Crippen molar-refractivity contribution in [3.05, 3.63) is 0 Å². The lowest BCUT2D eigenvalue weighted by Gasteiger charge is -2.31. The van der Waals surface area contributed by atoms with Crippen LogP contribution in [0, 0.1) is 99.6 Å². The van der Waals surface area contributed by atoms with Crippen LogP contribution in [-0.4, -0.2) is 159 Å². The SMILES string of the molecule is C.CC(=O)NC1(C(=O)C(C)C)CCCC1.CC(=O)N[C@H](C(=O)C(C)C)C(C)(C)C.CC(=O)N[C@H](C(=O)C(C)C)C(C)(C)C.CC(=O)N[C@H](C(=O)C(C)C)C(C)C.CC(=O)N[C@H](C(=O)C(C)C)C(C)C.CC(=O)N[C@H](C(=O)C(C)C)C1CCCC1.CC(=O)N[C@H](C(=O)C(C)C)C1CCCC1.CC(=O)N[C@H](C(=O)C(C)C)C1CCCCC1.CC[C@H](C)[C@H](NC(C)=O)C(=O)C(C)C. The predicted octanol–water partition coefficient (Wildman–Crippen LogP) is 16.4. The molecule has 9 N–H and O–H groups in total. The fraction of sp³-hybridized carbons (Fsp3) is 0.824. The van der Waals surface area contributed by atoms with E-state index in [1.807, 2.05) is 208 Å². The Morgan fingerprint density at radius 2 is 0.473 bits per heavy atom. The Kier molecular flexibility index (Phi) is 68.2. The minimum atomic E-state index is -0.542. The molecule has 0 spiro atoms. The number of amides is 9. The fourth-order valence-electron chi connectivity index (χ4n) is 15.4. The Bertz CT molecular complexity index is 3300. The third-order valence-electron chi connectivity index (χ3n) is 22.8. The van der Waals surface area contributed by atoms with Crippen LogP contribution in [0.15, 0.2) is 0 Å². The number of Topliss-reactive ketones (excluding diaryl/α,β-unsaturated/α-hetero) is 9. The lowest BCUT2D eigenvalue weighted by atomic mass is 9.80. The van der Waals surface area contributed by atoms with Crippen molar-refractivity contribution >= 4 is 105 Å². The zero-order valence-electron chi connectivity index (χ0n) is 87.4. The largest absolute Gasteiger partial charge is 0.346 e. The number of nitrogens with one attached hydrogen (secondary N) is 9. The Morgan fingerprint density at radius 1 is 0.264 bits per heavy atom. The number of carbonyl (C=O) groups excluding carboxylic acids is 18. The molecule has 0 bridgehead atoms. The maximum atomic E-state index is 12.1. The van der Waals surface area contributed by atoms with Gasteiger partial charge in [0.15, 0.2) is 52.0 Å². The molecule has 9 amide bonds. The van der Waals surface area contributed by atoms with Gasteiger partial charge in [0.25, 0.3) is 0 Å². The molecule has 0 unspecified atom stereocenters. The predicted molar refractivity (Wildman–Crippen MR) is 520 cm³/mol. The van der Waals surface area contributed by atoms with E-state index < -0.39 is 5.54 Å². The van der Waals surface area contributed by atoms with E-state index in [9.17, 15) is 86.3 Å². The number of rotatable bonds is 34. The van der Waals surface area contributed by atoms with Crippen LogP contribution in [0.1, 0.15) is 393 Å². The van der Waals surface area contributed by atoms with Gasteiger partial charge in [-0.15, -0.1) is 0 Å². The molecule has 750 valence electrons. The van der Waals surface area contributed by atoms with E-state index in [2.05, 4.69) is 47.9 Å². The zero-order chi connectivity index (χ0) is 101. The van der Waals surface area contributed by atoms with Crippen molar-refractivity contribution in [3.8, 4) is 0 Å². The standard InChI is InChI=1S/C13H23NO2.2C12H21NO2.C11H19NO2.3C11H21NO2.2C10H19NO2.CH4/c1-9(2)13(16)12(14-10(3)15)11-7-5-4-6-8-11;2*1-8(2)12(15)11(13-9(3)14)10-6-4-5-7-10;1-8(2)10(14)11(12-9(3)13)6-4-5-7-11;2*1-7(2)9(14)10(11(4,5)6)12-8(3)13;1-6-8(4)10(12-9(5)13)11(14)7(2)3;2*1-6(2)9(11-8(5)12)10(13)7(3)4;/h9,11-12H,4-8H2,1-3H3,(H,14,15);2*8,10-11H,4-7H2,1-3H3,(H,13,14);8H,4-7H2,1-3H3,(H,12,13);2*7,10H,1-6H3,(H,12,13);7-8,10H,6H2,1-5H3,(H,12,13);2*6-7,9H,1-5H3,(H,11,12);1H4/t12-;2*11-;;2*10-;8-,10-;2*9-;/m000.11000./s1. The molecule has 0 heterocycles. The number of hydrogen-bond donors (Lipinski definition) is 9. The molecule has 27 nitrogen and oxygen atoms in total. The van der Waals surface area contributed by atoms with Crippen molar-refractivity contribution in [2.45, 2.75) is 447 Å². The Morgan fingerprint density at radius 3 is 0.651 bits per heavy atom. The van der Waals surface area contributed by atoms with E-state index in [0.29, 0.717) is 17.8 Å². The van der Waals surface area contributed by atoms with Crippen molar-refractivity contribution in [1.29, 1.82) is 0 Å². The van der Waals surface area contributed by atoms with E-state index in [1.54, 1.807) is 0 Å². The van der Waals surface area contributed by atoms with Crippen LogP contribution in [0.25, 0.3) is 0 Å². The molecule has 0 aromatic heterocycles. The second-order valence-corrected chi connectivity index (χ2v) is 41.4. The average molecular weight is 1830 g/mol. The summed E-state index contributed by atoms with van der Waals surface area (Å²) in [5.41, 5.74) is -1.000. The van der Waals surface area contributed by atoms with Crippen LogP contribution < -0.4 is 47.9 Å². The van der Waals surface area contributed by atoms with Gasteiger partial charge in [-0.25, -0.2) is 0 Å². The molecule has 0 radical (unpaired) electrons. The van der Waals surface area contributed by atoms with E-state index >= 15 is 0 Å². The number of carbonyl (C=O) groups is 18. The van der Waals surface area contributed by atoms with Gasteiger partial charge in [-0.1, -0.05) is 279 Å². The molecule has 4 saturated carbocycles. The van der Waals surface area contributed by atoms with Crippen molar-refractivity contribution in [1.82, 2.24) is 47.9 Å². The van der Waals surface area contributed by atoms with E-state index in [1.165, 1.54) is 107 Å². The van der Waals surface area contributed by atoms with Gasteiger partial charge >= 0.3 is 0 Å². The molecule has 0 aromatic carbocycles. The topological polar surface area (TPSA) is 416 Å². The van der Waals surface area contributed by atoms with Crippen LogP contribution in [-0.2, 0) is 86.3 Å². The number of hydrogen-bond acceptors (Lipinski definition) is 18. The highest BCUT2D eigenvalue weighted by Crippen LogP contribution is 2.35. The Hall–Kier alpha value is -7.74. The zero-order valence-corrected chi connectivity index (χ0v) is 87.4. The molecular weight excluding hydrogens is 1640 g/mol. The summed E-state index contributed by atoms with van der Waals surface area (Å²) in [5, 5.41) is 24.8. The smallest absolute Gasteiger partial charge is 0.217 e. The van der Waals surface area contributed by atoms with Crippen LogP contribution in [0.4, 0.5) is 0 Å².